The average molecular weight is 307 g/mol. The number of tetrazole rings is 1. The topological polar surface area (TPSA) is 89.8 Å². The van der Waals surface area contributed by atoms with E-state index < -0.39 is 9.84 Å². The Kier molecular flexibility index (Phi) is 3.62. The van der Waals surface area contributed by atoms with Gasteiger partial charge in [0.1, 0.15) is 9.84 Å². The molecule has 1 aliphatic heterocycles. The van der Waals surface area contributed by atoms with E-state index >= 15 is 0 Å². The van der Waals surface area contributed by atoms with E-state index in [0.717, 1.165) is 17.2 Å². The first kappa shape index (κ1) is 14.0. The monoisotopic (exact) mass is 307 g/mol. The van der Waals surface area contributed by atoms with Gasteiger partial charge in [-0.05, 0) is 48.4 Å². The largest absolute Gasteiger partial charge is 0.382 e. The van der Waals surface area contributed by atoms with Crippen molar-refractivity contribution in [3.63, 3.8) is 0 Å². The van der Waals surface area contributed by atoms with E-state index in [9.17, 15) is 8.42 Å². The number of aryl methyl sites for hydroxylation is 1. The molecule has 0 unspecified atom stereocenters. The summed E-state index contributed by atoms with van der Waals surface area (Å²) < 4.78 is 24.5. The summed E-state index contributed by atoms with van der Waals surface area (Å²) in [6, 6.07) is 7.98. The molecule has 3 rings (SSSR count). The fourth-order valence-corrected chi connectivity index (χ4v) is 3.96. The van der Waals surface area contributed by atoms with Crippen LogP contribution in [0, 0.1) is 6.92 Å². The summed E-state index contributed by atoms with van der Waals surface area (Å²) in [5.41, 5.74) is 1.83. The summed E-state index contributed by atoms with van der Waals surface area (Å²) in [5, 5.41) is 14.8. The molecule has 0 aliphatic carbocycles. The smallest absolute Gasteiger partial charge is 0.153 e. The van der Waals surface area contributed by atoms with Crippen molar-refractivity contribution in [2.24, 2.45) is 0 Å². The molecule has 8 heteroatoms. The van der Waals surface area contributed by atoms with E-state index in [-0.39, 0.29) is 17.5 Å². The van der Waals surface area contributed by atoms with Gasteiger partial charge in [-0.2, -0.15) is 4.68 Å². The van der Waals surface area contributed by atoms with E-state index in [1.165, 1.54) is 0 Å². The Morgan fingerprint density at radius 2 is 2.05 bits per heavy atom. The molecule has 2 heterocycles. The van der Waals surface area contributed by atoms with Crippen molar-refractivity contribution < 1.29 is 8.42 Å². The van der Waals surface area contributed by atoms with Crippen molar-refractivity contribution in [1.82, 2.24) is 20.2 Å². The molecule has 0 amide bonds. The van der Waals surface area contributed by atoms with Gasteiger partial charge in [-0.1, -0.05) is 6.07 Å². The van der Waals surface area contributed by atoms with Gasteiger partial charge in [0.2, 0.25) is 0 Å². The first-order chi connectivity index (χ1) is 10.0. The van der Waals surface area contributed by atoms with Crippen LogP contribution in [0.25, 0.3) is 5.69 Å². The number of nitrogens with one attached hydrogen (secondary N) is 1. The second-order valence-electron chi connectivity index (χ2n) is 5.26. The van der Waals surface area contributed by atoms with Crippen molar-refractivity contribution in [3.05, 3.63) is 30.1 Å². The van der Waals surface area contributed by atoms with Crippen LogP contribution >= 0.6 is 0 Å². The standard InChI is InChI=1S/C13H17N5O2S/c1-10-15-16-17-18(10)13-4-2-3-12(9-13)14-11-5-7-21(19,20)8-6-11/h2-4,9,11,14H,5-8H2,1H3. The quantitative estimate of drug-likeness (QED) is 0.908. The van der Waals surface area contributed by atoms with Gasteiger partial charge < -0.3 is 5.32 Å². The van der Waals surface area contributed by atoms with Crippen molar-refractivity contribution in [3.8, 4) is 5.69 Å². The lowest BCUT2D eigenvalue weighted by Gasteiger charge is -2.24. The Morgan fingerprint density at radius 1 is 1.29 bits per heavy atom. The Balaban J connectivity index is 1.74. The number of nitrogens with zero attached hydrogens (tertiary/aromatic N) is 4. The van der Waals surface area contributed by atoms with Gasteiger partial charge in [-0.25, -0.2) is 8.42 Å². The van der Waals surface area contributed by atoms with Crippen molar-refractivity contribution >= 4 is 15.5 Å². The molecule has 0 atom stereocenters. The number of benzene rings is 1. The molecule has 1 fully saturated rings. The zero-order valence-electron chi connectivity index (χ0n) is 11.7. The zero-order chi connectivity index (χ0) is 14.9. The Morgan fingerprint density at radius 3 is 2.71 bits per heavy atom. The second kappa shape index (κ2) is 5.44. The predicted octanol–water partition coefficient (Wildman–Crippen LogP) is 0.960. The molecule has 1 N–H and O–H groups in total. The summed E-state index contributed by atoms with van der Waals surface area (Å²) in [6.45, 7) is 1.84. The first-order valence-corrected chi connectivity index (χ1v) is 8.68. The average Bonchev–Trinajstić information content (AvgIpc) is 2.88. The molecule has 7 nitrogen and oxygen atoms in total. The third-order valence-corrected chi connectivity index (χ3v) is 5.36. The molecule has 1 aromatic heterocycles. The summed E-state index contributed by atoms with van der Waals surface area (Å²) in [7, 11) is -2.83. The van der Waals surface area contributed by atoms with Crippen LogP contribution < -0.4 is 5.32 Å². The molecule has 0 radical (unpaired) electrons. The summed E-state index contributed by atoms with van der Waals surface area (Å²) in [5.74, 6) is 1.24. The third kappa shape index (κ3) is 3.21. The van der Waals surface area contributed by atoms with Crippen molar-refractivity contribution in [1.29, 1.82) is 0 Å². The number of anilines is 1. The molecule has 0 bridgehead atoms. The Bertz CT molecular complexity index is 727. The van der Waals surface area contributed by atoms with E-state index in [1.54, 1.807) is 4.68 Å². The second-order valence-corrected chi connectivity index (χ2v) is 7.56. The van der Waals surface area contributed by atoms with Gasteiger partial charge >= 0.3 is 0 Å². The van der Waals surface area contributed by atoms with E-state index in [2.05, 4.69) is 20.8 Å². The molecule has 0 spiro atoms. The maximum absolute atomic E-state index is 11.4. The van der Waals surface area contributed by atoms with Crippen molar-refractivity contribution in [2.45, 2.75) is 25.8 Å². The van der Waals surface area contributed by atoms with Crippen LogP contribution in [0.4, 0.5) is 5.69 Å². The van der Waals surface area contributed by atoms with Crippen LogP contribution in [0.2, 0.25) is 0 Å². The number of hydrogen-bond acceptors (Lipinski definition) is 6. The fourth-order valence-electron chi connectivity index (χ4n) is 2.47. The van der Waals surface area contributed by atoms with Crippen LogP contribution in [0.1, 0.15) is 18.7 Å². The zero-order valence-corrected chi connectivity index (χ0v) is 12.5. The van der Waals surface area contributed by atoms with E-state index in [4.69, 9.17) is 0 Å². The SMILES string of the molecule is Cc1nnnn1-c1cccc(NC2CCS(=O)(=O)CC2)c1. The number of rotatable bonds is 3. The lowest BCUT2D eigenvalue weighted by atomic mass is 10.1. The van der Waals surface area contributed by atoms with Crippen LogP contribution in [-0.2, 0) is 9.84 Å². The molecule has 21 heavy (non-hydrogen) atoms. The third-order valence-electron chi connectivity index (χ3n) is 3.64. The van der Waals surface area contributed by atoms with E-state index in [1.807, 2.05) is 31.2 Å². The maximum atomic E-state index is 11.4. The highest BCUT2D eigenvalue weighted by Gasteiger charge is 2.23. The summed E-state index contributed by atoms with van der Waals surface area (Å²) in [4.78, 5) is 0. The van der Waals surface area contributed by atoms with Gasteiger partial charge in [0.05, 0.1) is 17.2 Å². The first-order valence-electron chi connectivity index (χ1n) is 6.86. The van der Waals surface area contributed by atoms with Gasteiger partial charge in [0.15, 0.2) is 5.82 Å². The van der Waals surface area contributed by atoms with Crippen LogP contribution in [0.15, 0.2) is 24.3 Å². The lowest BCUT2D eigenvalue weighted by molar-refractivity contribution is 0.559. The number of hydrogen-bond donors (Lipinski definition) is 1. The Hall–Kier alpha value is -1.96. The highest BCUT2D eigenvalue weighted by atomic mass is 32.2. The predicted molar refractivity (Wildman–Crippen MR) is 79.2 cm³/mol. The minimum absolute atomic E-state index is 0.193. The van der Waals surface area contributed by atoms with Gasteiger partial charge in [-0.3, -0.25) is 0 Å². The Labute approximate surface area is 123 Å². The minimum Gasteiger partial charge on any atom is -0.382 e. The molecule has 112 valence electrons. The van der Waals surface area contributed by atoms with Crippen LogP contribution in [-0.4, -0.2) is 46.2 Å². The normalized spacial score (nSPS) is 18.5. The van der Waals surface area contributed by atoms with Crippen LogP contribution in [0.3, 0.4) is 0 Å². The molecule has 0 saturated carbocycles. The van der Waals surface area contributed by atoms with Gasteiger partial charge in [0, 0.05) is 11.7 Å². The number of aromatic nitrogens is 4. The highest BCUT2D eigenvalue weighted by molar-refractivity contribution is 7.91. The van der Waals surface area contributed by atoms with Crippen LogP contribution in [0.5, 0.6) is 0 Å². The molecule has 2 aromatic rings. The summed E-state index contributed by atoms with van der Waals surface area (Å²) >= 11 is 0. The molecular weight excluding hydrogens is 290 g/mol. The molecular formula is C13H17N5O2S. The minimum atomic E-state index is -2.83. The lowest BCUT2D eigenvalue weighted by Crippen LogP contribution is -2.32. The fraction of sp³-hybridized carbons (Fsp3) is 0.462. The summed E-state index contributed by atoms with van der Waals surface area (Å²) in [6.07, 6.45) is 1.30. The molecule has 1 saturated heterocycles. The van der Waals surface area contributed by atoms with E-state index in [0.29, 0.717) is 12.8 Å². The highest BCUT2D eigenvalue weighted by Crippen LogP contribution is 2.20. The number of sulfone groups is 1. The maximum Gasteiger partial charge on any atom is 0.153 e. The van der Waals surface area contributed by atoms with Gasteiger partial charge in [-0.15, -0.1) is 5.10 Å². The van der Waals surface area contributed by atoms with Crippen molar-refractivity contribution in [2.75, 3.05) is 16.8 Å². The van der Waals surface area contributed by atoms with Gasteiger partial charge in [0.25, 0.3) is 0 Å². The molecule has 1 aliphatic rings. The molecule has 1 aromatic carbocycles.